The number of hydrogen-bond acceptors (Lipinski definition) is 5. The van der Waals surface area contributed by atoms with Crippen molar-refractivity contribution in [2.24, 2.45) is 0 Å². The van der Waals surface area contributed by atoms with Gasteiger partial charge >= 0.3 is 0 Å². The van der Waals surface area contributed by atoms with Gasteiger partial charge in [-0.05, 0) is 31.4 Å². The molecule has 1 atom stereocenters. The van der Waals surface area contributed by atoms with Crippen molar-refractivity contribution in [1.29, 1.82) is 0 Å². The Morgan fingerprint density at radius 3 is 2.24 bits per heavy atom. The Morgan fingerprint density at radius 1 is 0.931 bits per heavy atom. The van der Waals surface area contributed by atoms with E-state index in [1.807, 2.05) is 0 Å². The van der Waals surface area contributed by atoms with Crippen LogP contribution in [0.2, 0.25) is 0 Å². The van der Waals surface area contributed by atoms with E-state index in [9.17, 15) is 19.2 Å². The Balaban J connectivity index is 1.30. The average Bonchev–Trinajstić information content (AvgIpc) is 3.26. The van der Waals surface area contributed by atoms with Gasteiger partial charge in [0.1, 0.15) is 6.10 Å². The first-order valence-electron chi connectivity index (χ1n) is 10.2. The number of hydrogen-bond donors (Lipinski definition) is 0. The maximum Gasteiger partial charge on any atom is 0.261 e. The number of carbonyl (C=O) groups is 4. The molecule has 0 spiro atoms. The molecule has 1 aromatic rings. The zero-order chi connectivity index (χ0) is 20.4. The second-order valence-electron chi connectivity index (χ2n) is 7.62. The van der Waals surface area contributed by atoms with Crippen molar-refractivity contribution >= 4 is 23.6 Å². The number of benzene rings is 1. The van der Waals surface area contributed by atoms with Crippen LogP contribution < -0.4 is 0 Å². The fourth-order valence-corrected chi connectivity index (χ4v) is 4.17. The van der Waals surface area contributed by atoms with E-state index in [1.165, 1.54) is 0 Å². The third-order valence-electron chi connectivity index (χ3n) is 5.79. The second-order valence-corrected chi connectivity index (χ2v) is 7.62. The molecular weight excluding hydrogens is 374 g/mol. The molecule has 2 saturated heterocycles. The molecule has 4 amide bonds. The molecule has 3 aliphatic heterocycles. The maximum atomic E-state index is 12.7. The molecule has 0 saturated carbocycles. The van der Waals surface area contributed by atoms with Gasteiger partial charge in [-0.1, -0.05) is 12.1 Å². The summed E-state index contributed by atoms with van der Waals surface area (Å²) in [5.41, 5.74) is 0.783. The quantitative estimate of drug-likeness (QED) is 0.703. The molecule has 3 heterocycles. The molecule has 29 heavy (non-hydrogen) atoms. The summed E-state index contributed by atoms with van der Waals surface area (Å²) in [6, 6.07) is 6.71. The number of ether oxygens (including phenoxy) is 1. The van der Waals surface area contributed by atoms with Crippen LogP contribution in [0, 0.1) is 0 Å². The van der Waals surface area contributed by atoms with Crippen LogP contribution in [0.5, 0.6) is 0 Å². The normalized spacial score (nSPS) is 22.1. The monoisotopic (exact) mass is 399 g/mol. The van der Waals surface area contributed by atoms with Crippen molar-refractivity contribution in [3.05, 3.63) is 35.4 Å². The first-order valence-corrected chi connectivity index (χ1v) is 10.2. The number of imide groups is 1. The Labute approximate surface area is 169 Å². The highest BCUT2D eigenvalue weighted by atomic mass is 16.5. The SMILES string of the molecule is O=C(CCN1C(=O)c2ccccc2C1=O)N1CCCN(C(=O)C2CCCO2)CC1. The fraction of sp³-hybridized carbons (Fsp3) is 0.524. The van der Waals surface area contributed by atoms with E-state index >= 15 is 0 Å². The van der Waals surface area contributed by atoms with Crippen LogP contribution in [0.25, 0.3) is 0 Å². The minimum Gasteiger partial charge on any atom is -0.368 e. The summed E-state index contributed by atoms with van der Waals surface area (Å²) in [5.74, 6) is -0.777. The topological polar surface area (TPSA) is 87.2 Å². The predicted molar refractivity (Wildman–Crippen MR) is 103 cm³/mol. The molecule has 154 valence electrons. The van der Waals surface area contributed by atoms with Crippen molar-refractivity contribution in [3.63, 3.8) is 0 Å². The second kappa shape index (κ2) is 8.32. The molecule has 0 radical (unpaired) electrons. The summed E-state index contributed by atoms with van der Waals surface area (Å²) in [4.78, 5) is 54.7. The molecule has 0 bridgehead atoms. The van der Waals surface area contributed by atoms with Gasteiger partial charge < -0.3 is 14.5 Å². The van der Waals surface area contributed by atoms with Crippen molar-refractivity contribution in [2.75, 3.05) is 39.3 Å². The van der Waals surface area contributed by atoms with E-state index < -0.39 is 0 Å². The highest BCUT2D eigenvalue weighted by Crippen LogP contribution is 2.22. The molecule has 0 aromatic heterocycles. The summed E-state index contributed by atoms with van der Waals surface area (Å²) in [7, 11) is 0. The molecule has 0 aliphatic carbocycles. The number of rotatable bonds is 4. The summed E-state index contributed by atoms with van der Waals surface area (Å²) < 4.78 is 5.48. The van der Waals surface area contributed by atoms with Crippen molar-refractivity contribution in [1.82, 2.24) is 14.7 Å². The van der Waals surface area contributed by atoms with Crippen LogP contribution in [-0.2, 0) is 14.3 Å². The molecular formula is C21H25N3O5. The average molecular weight is 399 g/mol. The first-order chi connectivity index (χ1) is 14.1. The molecule has 1 aromatic carbocycles. The lowest BCUT2D eigenvalue weighted by Crippen LogP contribution is -2.42. The molecule has 4 rings (SSSR count). The smallest absolute Gasteiger partial charge is 0.261 e. The molecule has 1 unspecified atom stereocenters. The van der Waals surface area contributed by atoms with Crippen LogP contribution in [0.3, 0.4) is 0 Å². The maximum absolute atomic E-state index is 12.7. The zero-order valence-corrected chi connectivity index (χ0v) is 16.3. The van der Waals surface area contributed by atoms with Gasteiger partial charge in [0.25, 0.3) is 17.7 Å². The number of fused-ring (bicyclic) bond motifs is 1. The lowest BCUT2D eigenvalue weighted by atomic mass is 10.1. The molecule has 0 N–H and O–H groups in total. The van der Waals surface area contributed by atoms with Crippen molar-refractivity contribution < 1.29 is 23.9 Å². The summed E-state index contributed by atoms with van der Waals surface area (Å²) in [6.07, 6.45) is 2.12. The fourth-order valence-electron chi connectivity index (χ4n) is 4.17. The van der Waals surface area contributed by atoms with Crippen LogP contribution >= 0.6 is 0 Å². The Kier molecular flexibility index (Phi) is 5.62. The van der Waals surface area contributed by atoms with Crippen LogP contribution in [-0.4, -0.2) is 83.8 Å². The Hall–Kier alpha value is -2.74. The highest BCUT2D eigenvalue weighted by molar-refractivity contribution is 6.21. The highest BCUT2D eigenvalue weighted by Gasteiger charge is 2.35. The van der Waals surface area contributed by atoms with E-state index in [4.69, 9.17) is 4.74 Å². The number of carbonyl (C=O) groups excluding carboxylic acids is 4. The molecule has 2 fully saturated rings. The summed E-state index contributed by atoms with van der Waals surface area (Å²) in [5, 5.41) is 0. The lowest BCUT2D eigenvalue weighted by molar-refractivity contribution is -0.141. The van der Waals surface area contributed by atoms with E-state index in [1.54, 1.807) is 34.1 Å². The third-order valence-corrected chi connectivity index (χ3v) is 5.79. The predicted octanol–water partition coefficient (Wildman–Crippen LogP) is 0.913. The molecule has 8 nitrogen and oxygen atoms in total. The van der Waals surface area contributed by atoms with Gasteiger partial charge in [0.2, 0.25) is 5.91 Å². The van der Waals surface area contributed by atoms with Crippen LogP contribution in [0.1, 0.15) is 46.4 Å². The van der Waals surface area contributed by atoms with Gasteiger partial charge in [-0.15, -0.1) is 0 Å². The standard InChI is InChI=1S/C21H25N3O5/c25-18(8-11-24-19(26)15-5-1-2-6-16(15)20(24)27)22-9-4-10-23(13-12-22)21(28)17-7-3-14-29-17/h1-2,5-6,17H,3-4,7-14H2. The van der Waals surface area contributed by atoms with Crippen molar-refractivity contribution in [3.8, 4) is 0 Å². The van der Waals surface area contributed by atoms with Gasteiger partial charge in [-0.2, -0.15) is 0 Å². The van der Waals surface area contributed by atoms with E-state index in [0.29, 0.717) is 50.3 Å². The van der Waals surface area contributed by atoms with Crippen LogP contribution in [0.4, 0.5) is 0 Å². The zero-order valence-electron chi connectivity index (χ0n) is 16.3. The van der Waals surface area contributed by atoms with Gasteiger partial charge in [-0.25, -0.2) is 0 Å². The number of amides is 4. The third kappa shape index (κ3) is 3.89. The van der Waals surface area contributed by atoms with Gasteiger partial charge in [0.15, 0.2) is 0 Å². The number of nitrogens with zero attached hydrogens (tertiary/aromatic N) is 3. The largest absolute Gasteiger partial charge is 0.368 e. The van der Waals surface area contributed by atoms with E-state index in [-0.39, 0.29) is 42.7 Å². The van der Waals surface area contributed by atoms with E-state index in [2.05, 4.69) is 0 Å². The van der Waals surface area contributed by atoms with E-state index in [0.717, 1.165) is 17.7 Å². The van der Waals surface area contributed by atoms with Crippen LogP contribution in [0.15, 0.2) is 24.3 Å². The Bertz CT molecular complexity index is 798. The minimum absolute atomic E-state index is 0.0165. The van der Waals surface area contributed by atoms with Crippen molar-refractivity contribution in [2.45, 2.75) is 31.8 Å². The summed E-state index contributed by atoms with van der Waals surface area (Å²) >= 11 is 0. The lowest BCUT2D eigenvalue weighted by Gasteiger charge is -2.24. The molecule has 3 aliphatic rings. The van der Waals surface area contributed by atoms with Gasteiger partial charge in [0, 0.05) is 45.8 Å². The Morgan fingerprint density at radius 2 is 1.59 bits per heavy atom. The molecule has 8 heteroatoms. The minimum atomic E-state index is -0.345. The van der Waals surface area contributed by atoms with Gasteiger partial charge in [0.05, 0.1) is 11.1 Å². The van der Waals surface area contributed by atoms with Gasteiger partial charge in [-0.3, -0.25) is 24.1 Å². The summed E-state index contributed by atoms with van der Waals surface area (Å²) in [6.45, 7) is 2.82. The first kappa shape index (κ1) is 19.6.